The lowest BCUT2D eigenvalue weighted by Gasteiger charge is -2.19. The lowest BCUT2D eigenvalue weighted by molar-refractivity contribution is -0.126. The normalized spacial score (nSPS) is 11.2. The van der Waals surface area contributed by atoms with Crippen LogP contribution in [0.5, 0.6) is 0 Å². The van der Waals surface area contributed by atoms with Crippen LogP contribution in [0, 0.1) is 0 Å². The molecule has 0 bridgehead atoms. The first-order chi connectivity index (χ1) is 9.76. The number of hydrogen-bond donors (Lipinski definition) is 0. The van der Waals surface area contributed by atoms with Gasteiger partial charge in [-0.1, -0.05) is 65.4 Å². The fraction of sp³-hybridized carbons (Fsp3) is 0.833. The first-order valence-electron chi connectivity index (χ1n) is 8.71. The fourth-order valence-corrected chi connectivity index (χ4v) is 2.38. The summed E-state index contributed by atoms with van der Waals surface area (Å²) in [5, 5.41) is 0. The van der Waals surface area contributed by atoms with Crippen LogP contribution in [0.25, 0.3) is 0 Å². The molecule has 1 amide bonds. The minimum Gasteiger partial charge on any atom is -0.339 e. The third-order valence-electron chi connectivity index (χ3n) is 3.53. The van der Waals surface area contributed by atoms with E-state index in [2.05, 4.69) is 26.8 Å². The molecule has 0 spiro atoms. The first-order valence-corrected chi connectivity index (χ1v) is 8.71. The van der Waals surface area contributed by atoms with Crippen molar-refractivity contribution in [3.05, 3.63) is 12.2 Å². The van der Waals surface area contributed by atoms with E-state index in [9.17, 15) is 4.79 Å². The number of carbonyl (C=O) groups excluding carboxylic acids is 1. The largest absolute Gasteiger partial charge is 0.339 e. The van der Waals surface area contributed by atoms with E-state index in [4.69, 9.17) is 0 Å². The molecule has 0 rings (SSSR count). The van der Waals surface area contributed by atoms with Crippen LogP contribution in [0.4, 0.5) is 0 Å². The molecule has 0 aliphatic heterocycles. The highest BCUT2D eigenvalue weighted by Crippen LogP contribution is 2.08. The quantitative estimate of drug-likeness (QED) is 0.330. The van der Waals surface area contributed by atoms with Crippen LogP contribution in [0.15, 0.2) is 12.2 Å². The molecule has 0 heterocycles. The summed E-state index contributed by atoms with van der Waals surface area (Å²) in [6.45, 7) is 8.27. The monoisotopic (exact) mass is 281 g/mol. The Hall–Kier alpha value is -0.790. The number of rotatable bonds is 13. The van der Waals surface area contributed by atoms with Crippen LogP contribution in [-0.2, 0) is 4.79 Å². The molecular weight excluding hydrogens is 246 g/mol. The summed E-state index contributed by atoms with van der Waals surface area (Å²) in [4.78, 5) is 13.9. The lowest BCUT2D eigenvalue weighted by atomic mass is 10.1. The molecule has 0 aliphatic rings. The van der Waals surface area contributed by atoms with Crippen molar-refractivity contribution in [3.63, 3.8) is 0 Å². The van der Waals surface area contributed by atoms with Gasteiger partial charge in [-0.15, -0.1) is 0 Å². The summed E-state index contributed by atoms with van der Waals surface area (Å²) in [6.07, 6.45) is 16.3. The van der Waals surface area contributed by atoms with Crippen LogP contribution in [0.2, 0.25) is 0 Å². The van der Waals surface area contributed by atoms with Gasteiger partial charge in [0, 0.05) is 13.1 Å². The van der Waals surface area contributed by atoms with Gasteiger partial charge in [0.05, 0.1) is 0 Å². The van der Waals surface area contributed by atoms with Gasteiger partial charge in [0.25, 0.3) is 0 Å². The van der Waals surface area contributed by atoms with Crippen molar-refractivity contribution in [2.45, 2.75) is 85.0 Å². The molecule has 0 unspecified atom stereocenters. The Morgan fingerprint density at radius 2 is 1.35 bits per heavy atom. The summed E-state index contributed by atoms with van der Waals surface area (Å²) >= 11 is 0. The second-order valence-corrected chi connectivity index (χ2v) is 5.64. The van der Waals surface area contributed by atoms with Crippen molar-refractivity contribution in [3.8, 4) is 0 Å². The Labute approximate surface area is 126 Å². The zero-order chi connectivity index (χ0) is 15.1. The van der Waals surface area contributed by atoms with E-state index in [0.29, 0.717) is 0 Å². The summed E-state index contributed by atoms with van der Waals surface area (Å²) < 4.78 is 0. The Morgan fingerprint density at radius 3 is 1.90 bits per heavy atom. The van der Waals surface area contributed by atoms with Crippen molar-refractivity contribution >= 4 is 5.91 Å². The lowest BCUT2D eigenvalue weighted by Crippen LogP contribution is -2.30. The van der Waals surface area contributed by atoms with Gasteiger partial charge >= 0.3 is 0 Å². The van der Waals surface area contributed by atoms with Gasteiger partial charge in [0.15, 0.2) is 0 Å². The van der Waals surface area contributed by atoms with E-state index >= 15 is 0 Å². The zero-order valence-corrected chi connectivity index (χ0v) is 14.0. The standard InChI is InChI=1S/C18H35NO/c1-4-7-8-9-10-11-12-13-14-15-18(20)19(16-5-2)17-6-3/h14-15H,4-13,16-17H2,1-3H3. The number of amides is 1. The summed E-state index contributed by atoms with van der Waals surface area (Å²) in [7, 11) is 0. The van der Waals surface area contributed by atoms with Crippen LogP contribution in [-0.4, -0.2) is 23.9 Å². The van der Waals surface area contributed by atoms with E-state index in [0.717, 1.165) is 32.4 Å². The topological polar surface area (TPSA) is 20.3 Å². The van der Waals surface area contributed by atoms with Gasteiger partial charge in [-0.3, -0.25) is 4.79 Å². The molecule has 20 heavy (non-hydrogen) atoms. The average molecular weight is 281 g/mol. The van der Waals surface area contributed by atoms with Gasteiger partial charge in [-0.05, 0) is 31.8 Å². The second kappa shape index (κ2) is 14.6. The molecule has 2 nitrogen and oxygen atoms in total. The molecule has 0 atom stereocenters. The average Bonchev–Trinajstić information content (AvgIpc) is 2.45. The highest BCUT2D eigenvalue weighted by Gasteiger charge is 2.07. The minimum atomic E-state index is 0.191. The van der Waals surface area contributed by atoms with Crippen molar-refractivity contribution in [1.82, 2.24) is 4.90 Å². The number of unbranched alkanes of at least 4 members (excludes halogenated alkanes) is 7. The van der Waals surface area contributed by atoms with Gasteiger partial charge in [0.1, 0.15) is 0 Å². The first kappa shape index (κ1) is 19.2. The van der Waals surface area contributed by atoms with Gasteiger partial charge in [-0.25, -0.2) is 0 Å². The molecule has 0 saturated heterocycles. The smallest absolute Gasteiger partial charge is 0.246 e. The Bertz CT molecular complexity index is 242. The van der Waals surface area contributed by atoms with E-state index in [1.807, 2.05) is 4.90 Å². The molecule has 118 valence electrons. The maximum absolute atomic E-state index is 12.0. The van der Waals surface area contributed by atoms with E-state index in [1.54, 1.807) is 6.08 Å². The van der Waals surface area contributed by atoms with Crippen molar-refractivity contribution < 1.29 is 4.79 Å². The van der Waals surface area contributed by atoms with Crippen LogP contribution < -0.4 is 0 Å². The third kappa shape index (κ3) is 11.1. The summed E-state index contributed by atoms with van der Waals surface area (Å²) in [6, 6.07) is 0. The van der Waals surface area contributed by atoms with Crippen molar-refractivity contribution in [2.24, 2.45) is 0 Å². The second-order valence-electron chi connectivity index (χ2n) is 5.64. The zero-order valence-electron chi connectivity index (χ0n) is 14.0. The minimum absolute atomic E-state index is 0.191. The molecule has 0 N–H and O–H groups in total. The SMILES string of the molecule is CCCCCCCCCC=CC(=O)N(CCC)CCC. The molecule has 0 saturated carbocycles. The van der Waals surface area contributed by atoms with Gasteiger partial charge < -0.3 is 4.90 Å². The molecule has 0 radical (unpaired) electrons. The predicted molar refractivity (Wildman–Crippen MR) is 88.9 cm³/mol. The third-order valence-corrected chi connectivity index (χ3v) is 3.53. The number of nitrogens with zero attached hydrogens (tertiary/aromatic N) is 1. The number of hydrogen-bond acceptors (Lipinski definition) is 1. The van der Waals surface area contributed by atoms with E-state index in [-0.39, 0.29) is 5.91 Å². The van der Waals surface area contributed by atoms with Crippen LogP contribution in [0.3, 0.4) is 0 Å². The summed E-state index contributed by atoms with van der Waals surface area (Å²) in [5.74, 6) is 0.191. The van der Waals surface area contributed by atoms with E-state index < -0.39 is 0 Å². The summed E-state index contributed by atoms with van der Waals surface area (Å²) in [5.41, 5.74) is 0. The van der Waals surface area contributed by atoms with E-state index in [1.165, 1.54) is 44.9 Å². The molecule has 0 fully saturated rings. The predicted octanol–water partition coefficient (Wildman–Crippen LogP) is 5.33. The maximum Gasteiger partial charge on any atom is 0.246 e. The fourth-order valence-electron chi connectivity index (χ4n) is 2.38. The number of allylic oxidation sites excluding steroid dienone is 1. The highest BCUT2D eigenvalue weighted by molar-refractivity contribution is 5.87. The van der Waals surface area contributed by atoms with Crippen molar-refractivity contribution in [1.29, 1.82) is 0 Å². The molecule has 0 aromatic rings. The van der Waals surface area contributed by atoms with Crippen molar-refractivity contribution in [2.75, 3.05) is 13.1 Å². The highest BCUT2D eigenvalue weighted by atomic mass is 16.2. The maximum atomic E-state index is 12.0. The van der Waals surface area contributed by atoms with Crippen LogP contribution in [0.1, 0.15) is 85.0 Å². The molecule has 2 heteroatoms. The Kier molecular flexibility index (Phi) is 14.0. The number of carbonyl (C=O) groups is 1. The Balaban J connectivity index is 3.63. The molecular formula is C18H35NO. The van der Waals surface area contributed by atoms with Gasteiger partial charge in [0.2, 0.25) is 5.91 Å². The van der Waals surface area contributed by atoms with Crippen LogP contribution >= 0.6 is 0 Å². The van der Waals surface area contributed by atoms with Gasteiger partial charge in [-0.2, -0.15) is 0 Å². The molecule has 0 aromatic heterocycles. The Morgan fingerprint density at radius 1 is 0.800 bits per heavy atom. The molecule has 0 aromatic carbocycles. The molecule has 0 aliphatic carbocycles.